The highest BCUT2D eigenvalue weighted by atomic mass is 28.3. The summed E-state index contributed by atoms with van der Waals surface area (Å²) in [7, 11) is -1.47. The summed E-state index contributed by atoms with van der Waals surface area (Å²) in [5.41, 5.74) is 4.09. The van der Waals surface area contributed by atoms with Crippen LogP contribution in [0.4, 0.5) is 0 Å². The summed E-state index contributed by atoms with van der Waals surface area (Å²) in [6.07, 6.45) is 0. The fraction of sp³-hybridized carbons (Fsp3) is 0.235. The van der Waals surface area contributed by atoms with E-state index in [1.807, 2.05) is 36.4 Å². The van der Waals surface area contributed by atoms with Crippen molar-refractivity contribution in [2.45, 2.75) is 26.6 Å². The molecule has 0 unspecified atom stereocenters. The SMILES string of the molecule is CC(=O)Oc1c(C#C[Si](C)(C)C)ccc2ccccc12. The van der Waals surface area contributed by atoms with E-state index in [-0.39, 0.29) is 5.97 Å². The van der Waals surface area contributed by atoms with Crippen molar-refractivity contribution in [1.29, 1.82) is 0 Å². The molecule has 0 saturated carbocycles. The lowest BCUT2D eigenvalue weighted by molar-refractivity contribution is -0.131. The maximum Gasteiger partial charge on any atom is 0.308 e. The largest absolute Gasteiger partial charge is 0.425 e. The predicted octanol–water partition coefficient (Wildman–Crippen LogP) is 3.99. The lowest BCUT2D eigenvalue weighted by atomic mass is 10.1. The fourth-order valence-electron chi connectivity index (χ4n) is 1.85. The van der Waals surface area contributed by atoms with Gasteiger partial charge in [0.15, 0.2) is 5.75 Å². The van der Waals surface area contributed by atoms with E-state index < -0.39 is 8.07 Å². The minimum absolute atomic E-state index is 0.322. The summed E-state index contributed by atoms with van der Waals surface area (Å²) in [6.45, 7) is 7.98. The molecule has 0 fully saturated rings. The Labute approximate surface area is 120 Å². The van der Waals surface area contributed by atoms with Gasteiger partial charge in [0.25, 0.3) is 0 Å². The highest BCUT2D eigenvalue weighted by Crippen LogP contribution is 2.29. The van der Waals surface area contributed by atoms with Gasteiger partial charge in [-0.15, -0.1) is 5.54 Å². The summed E-state index contributed by atoms with van der Waals surface area (Å²) in [6, 6.07) is 11.8. The van der Waals surface area contributed by atoms with E-state index in [1.54, 1.807) is 0 Å². The van der Waals surface area contributed by atoms with Crippen molar-refractivity contribution in [1.82, 2.24) is 0 Å². The first-order valence-electron chi connectivity index (χ1n) is 6.60. The molecule has 0 N–H and O–H groups in total. The number of hydrogen-bond donors (Lipinski definition) is 0. The van der Waals surface area contributed by atoms with E-state index in [9.17, 15) is 4.79 Å². The van der Waals surface area contributed by atoms with Crippen molar-refractivity contribution >= 4 is 24.8 Å². The molecule has 2 nitrogen and oxygen atoms in total. The van der Waals surface area contributed by atoms with Crippen LogP contribution in [0, 0.1) is 11.5 Å². The van der Waals surface area contributed by atoms with E-state index in [2.05, 4.69) is 31.1 Å². The molecular weight excluding hydrogens is 264 g/mol. The van der Waals surface area contributed by atoms with Crippen molar-refractivity contribution in [2.75, 3.05) is 0 Å². The third kappa shape index (κ3) is 3.49. The monoisotopic (exact) mass is 282 g/mol. The highest BCUT2D eigenvalue weighted by Gasteiger charge is 2.11. The normalized spacial score (nSPS) is 10.8. The zero-order chi connectivity index (χ0) is 14.8. The maximum absolute atomic E-state index is 11.3. The van der Waals surface area contributed by atoms with Crippen LogP contribution in [-0.4, -0.2) is 14.0 Å². The summed E-state index contributed by atoms with van der Waals surface area (Å²) >= 11 is 0. The Bertz CT molecular complexity index is 715. The Morgan fingerprint density at radius 1 is 1.10 bits per heavy atom. The predicted molar refractivity (Wildman–Crippen MR) is 85.5 cm³/mol. The molecule has 2 aromatic carbocycles. The van der Waals surface area contributed by atoms with Gasteiger partial charge in [0.1, 0.15) is 8.07 Å². The molecule has 0 bridgehead atoms. The Morgan fingerprint density at radius 3 is 2.45 bits per heavy atom. The van der Waals surface area contributed by atoms with Crippen LogP contribution in [0.25, 0.3) is 10.8 Å². The third-order valence-corrected chi connectivity index (χ3v) is 3.57. The minimum Gasteiger partial charge on any atom is -0.425 e. The second-order valence-corrected chi connectivity index (χ2v) is 10.5. The van der Waals surface area contributed by atoms with Gasteiger partial charge in [-0.05, 0) is 11.5 Å². The van der Waals surface area contributed by atoms with Crippen LogP contribution < -0.4 is 4.74 Å². The van der Waals surface area contributed by atoms with Crippen molar-refractivity contribution in [3.05, 3.63) is 42.0 Å². The summed E-state index contributed by atoms with van der Waals surface area (Å²) < 4.78 is 5.40. The molecule has 0 radical (unpaired) electrons. The number of carbonyl (C=O) groups is 1. The third-order valence-electron chi connectivity index (χ3n) is 2.70. The van der Waals surface area contributed by atoms with E-state index in [0.717, 1.165) is 16.3 Å². The summed E-state index contributed by atoms with van der Waals surface area (Å²) in [4.78, 5) is 11.3. The zero-order valence-electron chi connectivity index (χ0n) is 12.3. The van der Waals surface area contributed by atoms with Crippen LogP contribution in [0.15, 0.2) is 36.4 Å². The van der Waals surface area contributed by atoms with Gasteiger partial charge in [-0.25, -0.2) is 0 Å². The maximum atomic E-state index is 11.3. The first-order chi connectivity index (χ1) is 9.37. The molecule has 0 aliphatic rings. The Morgan fingerprint density at radius 2 is 1.80 bits per heavy atom. The van der Waals surface area contributed by atoms with Gasteiger partial charge < -0.3 is 4.74 Å². The van der Waals surface area contributed by atoms with Crippen LogP contribution in [0.5, 0.6) is 5.75 Å². The molecule has 0 amide bonds. The van der Waals surface area contributed by atoms with E-state index >= 15 is 0 Å². The van der Waals surface area contributed by atoms with Gasteiger partial charge in [-0.1, -0.05) is 55.9 Å². The minimum atomic E-state index is -1.47. The number of benzene rings is 2. The van der Waals surface area contributed by atoms with Crippen molar-refractivity contribution < 1.29 is 9.53 Å². The molecule has 0 aromatic heterocycles. The number of carbonyl (C=O) groups excluding carboxylic acids is 1. The van der Waals surface area contributed by atoms with Crippen molar-refractivity contribution in [3.63, 3.8) is 0 Å². The topological polar surface area (TPSA) is 26.3 Å². The number of rotatable bonds is 1. The summed E-state index contributed by atoms with van der Waals surface area (Å²) in [5.74, 6) is 3.43. The average molecular weight is 282 g/mol. The van der Waals surface area contributed by atoms with Gasteiger partial charge in [0.05, 0.1) is 5.56 Å². The molecule has 0 aliphatic heterocycles. The first-order valence-corrected chi connectivity index (χ1v) is 10.1. The lowest BCUT2D eigenvalue weighted by Crippen LogP contribution is -2.16. The number of esters is 1. The molecule has 2 rings (SSSR count). The van der Waals surface area contributed by atoms with E-state index in [4.69, 9.17) is 4.74 Å². The standard InChI is InChI=1S/C17H18O2Si/c1-13(18)19-17-15(11-12-20(2,3)4)10-9-14-7-5-6-8-16(14)17/h5-10H,1-4H3. The number of fused-ring (bicyclic) bond motifs is 1. The highest BCUT2D eigenvalue weighted by molar-refractivity contribution is 6.83. The molecule has 0 spiro atoms. The number of hydrogen-bond acceptors (Lipinski definition) is 2. The molecule has 0 atom stereocenters. The van der Waals surface area contributed by atoms with Crippen molar-refractivity contribution in [2.24, 2.45) is 0 Å². The number of ether oxygens (including phenoxy) is 1. The zero-order valence-corrected chi connectivity index (χ0v) is 13.3. The second-order valence-electron chi connectivity index (χ2n) is 5.76. The quantitative estimate of drug-likeness (QED) is 0.342. The van der Waals surface area contributed by atoms with Gasteiger partial charge in [0, 0.05) is 12.3 Å². The van der Waals surface area contributed by atoms with Gasteiger partial charge in [0.2, 0.25) is 0 Å². The second kappa shape index (κ2) is 5.52. The molecule has 2 aromatic rings. The van der Waals surface area contributed by atoms with Gasteiger partial charge >= 0.3 is 5.97 Å². The van der Waals surface area contributed by atoms with Crippen molar-refractivity contribution in [3.8, 4) is 17.2 Å². The molecule has 0 aliphatic carbocycles. The molecule has 3 heteroatoms. The van der Waals surface area contributed by atoms with E-state index in [0.29, 0.717) is 5.75 Å². The van der Waals surface area contributed by atoms with Gasteiger partial charge in [-0.3, -0.25) is 4.79 Å². The van der Waals surface area contributed by atoms with Gasteiger partial charge in [-0.2, -0.15) is 0 Å². The molecule has 102 valence electrons. The van der Waals surface area contributed by atoms with Crippen LogP contribution in [0.1, 0.15) is 12.5 Å². The lowest BCUT2D eigenvalue weighted by Gasteiger charge is -2.09. The fourth-order valence-corrected chi connectivity index (χ4v) is 2.36. The Kier molecular flexibility index (Phi) is 3.96. The first kappa shape index (κ1) is 14.4. The molecule has 0 heterocycles. The van der Waals surface area contributed by atoms with E-state index in [1.165, 1.54) is 6.92 Å². The molecular formula is C17H18O2Si. The Hall–Kier alpha value is -2.05. The smallest absolute Gasteiger partial charge is 0.308 e. The average Bonchev–Trinajstić information content (AvgIpc) is 2.36. The summed E-state index contributed by atoms with van der Waals surface area (Å²) in [5, 5.41) is 1.97. The van der Waals surface area contributed by atoms with Crippen LogP contribution in [0.2, 0.25) is 19.6 Å². The molecule has 0 saturated heterocycles. The van der Waals surface area contributed by atoms with Crippen LogP contribution >= 0.6 is 0 Å². The Balaban J connectivity index is 2.64. The van der Waals surface area contributed by atoms with Crippen LogP contribution in [0.3, 0.4) is 0 Å². The molecule has 20 heavy (non-hydrogen) atoms. The van der Waals surface area contributed by atoms with Crippen LogP contribution in [-0.2, 0) is 4.79 Å².